The molecular formula is C18H24N2O2. The second kappa shape index (κ2) is 6.51. The van der Waals surface area contributed by atoms with Crippen LogP contribution in [0.1, 0.15) is 50.5 Å². The van der Waals surface area contributed by atoms with Crippen molar-refractivity contribution in [3.8, 4) is 0 Å². The van der Waals surface area contributed by atoms with Crippen molar-refractivity contribution >= 4 is 17.5 Å². The minimum absolute atomic E-state index is 0.0410. The molecule has 1 aliphatic heterocycles. The lowest BCUT2D eigenvalue weighted by Gasteiger charge is -2.25. The molecule has 0 unspecified atom stereocenters. The van der Waals surface area contributed by atoms with Crippen LogP contribution in [0.3, 0.4) is 0 Å². The Bertz CT molecular complexity index is 564. The summed E-state index contributed by atoms with van der Waals surface area (Å²) >= 11 is 0. The van der Waals surface area contributed by atoms with Gasteiger partial charge in [0.05, 0.1) is 0 Å². The zero-order valence-electron chi connectivity index (χ0n) is 13.0. The van der Waals surface area contributed by atoms with Gasteiger partial charge >= 0.3 is 0 Å². The molecule has 0 bridgehead atoms. The molecule has 4 nitrogen and oxygen atoms in total. The van der Waals surface area contributed by atoms with Gasteiger partial charge in [-0.1, -0.05) is 50.3 Å². The first kappa shape index (κ1) is 15.1. The van der Waals surface area contributed by atoms with E-state index in [2.05, 4.69) is 0 Å². The van der Waals surface area contributed by atoms with Gasteiger partial charge in [0.2, 0.25) is 11.8 Å². The summed E-state index contributed by atoms with van der Waals surface area (Å²) in [5.74, 6) is 0.295. The predicted octanol–water partition coefficient (Wildman–Crippen LogP) is 2.79. The molecule has 3 rings (SSSR count). The number of nitrogens with zero attached hydrogens (tertiary/aromatic N) is 1. The predicted molar refractivity (Wildman–Crippen MR) is 86.4 cm³/mol. The number of carbonyl (C=O) groups is 2. The summed E-state index contributed by atoms with van der Waals surface area (Å²) in [6.07, 6.45) is 8.37. The topological polar surface area (TPSA) is 63.4 Å². The van der Waals surface area contributed by atoms with Gasteiger partial charge in [-0.15, -0.1) is 0 Å². The Morgan fingerprint density at radius 3 is 2.59 bits per heavy atom. The van der Waals surface area contributed by atoms with Crippen molar-refractivity contribution in [1.82, 2.24) is 0 Å². The lowest BCUT2D eigenvalue weighted by Crippen LogP contribution is -2.46. The van der Waals surface area contributed by atoms with Gasteiger partial charge in [0.1, 0.15) is 6.04 Å². The van der Waals surface area contributed by atoms with Gasteiger partial charge in [-0.3, -0.25) is 14.5 Å². The van der Waals surface area contributed by atoms with E-state index in [0.717, 1.165) is 17.7 Å². The smallest absolute Gasteiger partial charge is 0.240 e. The number of para-hydroxylation sites is 1. The van der Waals surface area contributed by atoms with Gasteiger partial charge in [-0.2, -0.15) is 0 Å². The van der Waals surface area contributed by atoms with Crippen LogP contribution in [0.25, 0.3) is 0 Å². The van der Waals surface area contributed by atoms with E-state index in [9.17, 15) is 9.59 Å². The van der Waals surface area contributed by atoms with Gasteiger partial charge in [-0.05, 0) is 24.0 Å². The van der Waals surface area contributed by atoms with E-state index in [4.69, 9.17) is 5.73 Å². The van der Waals surface area contributed by atoms with Crippen LogP contribution in [0.4, 0.5) is 5.69 Å². The second-order valence-electron chi connectivity index (χ2n) is 6.56. The summed E-state index contributed by atoms with van der Waals surface area (Å²) in [7, 11) is 0. The molecule has 1 saturated carbocycles. The maximum Gasteiger partial charge on any atom is 0.240 e. The first-order chi connectivity index (χ1) is 10.7. The Morgan fingerprint density at radius 1 is 1.14 bits per heavy atom. The number of rotatable bonds is 4. The third-order valence-corrected chi connectivity index (χ3v) is 5.06. The van der Waals surface area contributed by atoms with Gasteiger partial charge in [0, 0.05) is 18.5 Å². The van der Waals surface area contributed by atoms with Gasteiger partial charge in [-0.25, -0.2) is 0 Å². The molecule has 0 spiro atoms. The van der Waals surface area contributed by atoms with Gasteiger partial charge in [0.15, 0.2) is 0 Å². The van der Waals surface area contributed by atoms with Crippen molar-refractivity contribution in [3.63, 3.8) is 0 Å². The number of amides is 2. The third kappa shape index (κ3) is 3.01. The third-order valence-electron chi connectivity index (χ3n) is 5.06. The quantitative estimate of drug-likeness (QED) is 0.929. The number of nitrogens with two attached hydrogens (primary N) is 1. The maximum atomic E-state index is 12.7. The van der Waals surface area contributed by atoms with Crippen molar-refractivity contribution in [3.05, 3.63) is 29.8 Å². The summed E-state index contributed by atoms with van der Waals surface area (Å²) < 4.78 is 0. The molecule has 2 N–H and O–H groups in total. The molecule has 0 aromatic heterocycles. The zero-order chi connectivity index (χ0) is 15.5. The Hall–Kier alpha value is -1.84. The Balaban J connectivity index is 1.70. The van der Waals surface area contributed by atoms with Crippen LogP contribution in [0.5, 0.6) is 0 Å². The molecule has 1 aliphatic carbocycles. The summed E-state index contributed by atoms with van der Waals surface area (Å²) in [5, 5.41) is 0. The SMILES string of the molecule is NC(=O)[C@H]1Cc2ccccc2N1C(=O)CCC1CCCCC1. The largest absolute Gasteiger partial charge is 0.368 e. The standard InChI is InChI=1S/C18H24N2O2/c19-18(22)16-12-14-8-4-5-9-15(14)20(16)17(21)11-10-13-6-2-1-3-7-13/h4-5,8-9,13,16H,1-3,6-7,10-12H2,(H2,19,22)/t16-/m1/s1. The number of hydrogen-bond donors (Lipinski definition) is 1. The highest BCUT2D eigenvalue weighted by Crippen LogP contribution is 2.34. The average molecular weight is 300 g/mol. The van der Waals surface area contributed by atoms with Crippen molar-refractivity contribution in [2.24, 2.45) is 11.7 Å². The highest BCUT2D eigenvalue weighted by atomic mass is 16.2. The number of benzene rings is 1. The molecule has 2 aliphatic rings. The van der Waals surface area contributed by atoms with Crippen LogP contribution in [-0.4, -0.2) is 17.9 Å². The van der Waals surface area contributed by atoms with Crippen molar-refractivity contribution in [2.75, 3.05) is 4.90 Å². The Morgan fingerprint density at radius 2 is 1.86 bits per heavy atom. The number of fused-ring (bicyclic) bond motifs is 1. The molecule has 4 heteroatoms. The first-order valence-electron chi connectivity index (χ1n) is 8.36. The van der Waals surface area contributed by atoms with Crippen molar-refractivity contribution < 1.29 is 9.59 Å². The van der Waals surface area contributed by atoms with Crippen molar-refractivity contribution in [1.29, 1.82) is 0 Å². The van der Waals surface area contributed by atoms with E-state index in [1.807, 2.05) is 24.3 Å². The molecule has 22 heavy (non-hydrogen) atoms. The molecule has 1 fully saturated rings. The van der Waals surface area contributed by atoms with Crippen LogP contribution in [-0.2, 0) is 16.0 Å². The summed E-state index contributed by atoms with van der Waals surface area (Å²) in [6, 6.07) is 7.21. The minimum Gasteiger partial charge on any atom is -0.368 e. The minimum atomic E-state index is -0.517. The summed E-state index contributed by atoms with van der Waals surface area (Å²) in [6.45, 7) is 0. The van der Waals surface area contributed by atoms with Crippen LogP contribution >= 0.6 is 0 Å². The molecule has 0 saturated heterocycles. The van der Waals surface area contributed by atoms with Crippen molar-refractivity contribution in [2.45, 2.75) is 57.4 Å². The van der Waals surface area contributed by atoms with E-state index in [1.54, 1.807) is 4.90 Å². The molecule has 1 aromatic rings. The van der Waals surface area contributed by atoms with Crippen LogP contribution in [0, 0.1) is 5.92 Å². The van der Waals surface area contributed by atoms with Crippen LogP contribution < -0.4 is 10.6 Å². The lowest BCUT2D eigenvalue weighted by molar-refractivity contribution is -0.124. The van der Waals surface area contributed by atoms with E-state index >= 15 is 0 Å². The zero-order valence-corrected chi connectivity index (χ0v) is 13.0. The highest BCUT2D eigenvalue weighted by molar-refractivity contribution is 6.03. The van der Waals surface area contributed by atoms with Gasteiger partial charge < -0.3 is 5.73 Å². The molecule has 1 heterocycles. The van der Waals surface area contributed by atoms with E-state index in [-0.39, 0.29) is 5.91 Å². The Kier molecular flexibility index (Phi) is 4.46. The van der Waals surface area contributed by atoms with Crippen LogP contribution in [0.15, 0.2) is 24.3 Å². The fraction of sp³-hybridized carbons (Fsp3) is 0.556. The average Bonchev–Trinajstić information content (AvgIpc) is 2.93. The van der Waals surface area contributed by atoms with Crippen LogP contribution in [0.2, 0.25) is 0 Å². The molecular weight excluding hydrogens is 276 g/mol. The normalized spacial score (nSPS) is 21.6. The summed E-state index contributed by atoms with van der Waals surface area (Å²) in [4.78, 5) is 26.0. The molecule has 1 atom stereocenters. The summed E-state index contributed by atoms with van der Waals surface area (Å²) in [5.41, 5.74) is 7.41. The number of primary amides is 1. The van der Waals surface area contributed by atoms with E-state index < -0.39 is 11.9 Å². The van der Waals surface area contributed by atoms with E-state index in [0.29, 0.717) is 18.8 Å². The fourth-order valence-corrected chi connectivity index (χ4v) is 3.85. The second-order valence-corrected chi connectivity index (χ2v) is 6.56. The number of anilines is 1. The monoisotopic (exact) mass is 300 g/mol. The fourth-order valence-electron chi connectivity index (χ4n) is 3.85. The Labute approximate surface area is 131 Å². The van der Waals surface area contributed by atoms with E-state index in [1.165, 1.54) is 32.1 Å². The number of carbonyl (C=O) groups excluding carboxylic acids is 2. The van der Waals surface area contributed by atoms with Gasteiger partial charge in [0.25, 0.3) is 0 Å². The molecule has 118 valence electrons. The lowest BCUT2D eigenvalue weighted by atomic mass is 9.86. The highest BCUT2D eigenvalue weighted by Gasteiger charge is 2.36. The maximum absolute atomic E-state index is 12.7. The molecule has 0 radical (unpaired) electrons. The molecule has 2 amide bonds. The number of hydrogen-bond acceptors (Lipinski definition) is 2. The molecule has 1 aromatic carbocycles. The first-order valence-corrected chi connectivity index (χ1v) is 8.36.